The van der Waals surface area contributed by atoms with E-state index in [1.807, 2.05) is 31.2 Å². The second kappa shape index (κ2) is 7.15. The van der Waals surface area contributed by atoms with Gasteiger partial charge in [0.15, 0.2) is 5.78 Å². The van der Waals surface area contributed by atoms with Gasteiger partial charge in [-0.05, 0) is 61.7 Å². The lowest BCUT2D eigenvalue weighted by Crippen LogP contribution is -2.17. The van der Waals surface area contributed by atoms with Crippen LogP contribution in [0.5, 0.6) is 0 Å². The van der Waals surface area contributed by atoms with Crippen molar-refractivity contribution in [3.63, 3.8) is 0 Å². The van der Waals surface area contributed by atoms with Crippen LogP contribution >= 0.6 is 0 Å². The summed E-state index contributed by atoms with van der Waals surface area (Å²) in [7, 11) is 0. The highest BCUT2D eigenvalue weighted by atomic mass is 19.1. The molecule has 0 spiro atoms. The normalized spacial score (nSPS) is 13.2. The van der Waals surface area contributed by atoms with Crippen LogP contribution in [-0.4, -0.2) is 15.8 Å². The zero-order valence-electron chi connectivity index (χ0n) is 14.9. The summed E-state index contributed by atoms with van der Waals surface area (Å²) in [5.41, 5.74) is 3.93. The summed E-state index contributed by atoms with van der Waals surface area (Å²) in [6.45, 7) is 2.01. The first-order valence-corrected chi connectivity index (χ1v) is 8.89. The molecule has 136 valence electrons. The maximum atomic E-state index is 13.2. The number of carbonyl (C=O) groups excluding carboxylic acids is 1. The Labute approximate surface area is 156 Å². The quantitative estimate of drug-likeness (QED) is 0.689. The van der Waals surface area contributed by atoms with Crippen LogP contribution in [0.1, 0.15) is 34.5 Å². The second-order valence-electron chi connectivity index (χ2n) is 6.62. The molecule has 1 heterocycles. The molecule has 0 fully saturated rings. The van der Waals surface area contributed by atoms with E-state index in [9.17, 15) is 9.18 Å². The molecule has 0 unspecified atom stereocenters. The molecule has 2 aromatic carbocycles. The summed E-state index contributed by atoms with van der Waals surface area (Å²) >= 11 is 0. The van der Waals surface area contributed by atoms with Crippen molar-refractivity contribution in [1.29, 1.82) is 0 Å². The molecule has 0 atom stereocenters. The number of Topliss-reactive ketones (excluding diaryl/α,β-unsaturated/α-hetero) is 1. The van der Waals surface area contributed by atoms with Crippen LogP contribution in [0.15, 0.2) is 48.5 Å². The van der Waals surface area contributed by atoms with Gasteiger partial charge in [-0.2, -0.15) is 4.98 Å². The number of carbonyl (C=O) groups is 1. The molecule has 0 saturated carbocycles. The van der Waals surface area contributed by atoms with Gasteiger partial charge in [0, 0.05) is 17.8 Å². The Hall–Kier alpha value is -3.28. The van der Waals surface area contributed by atoms with E-state index in [0.29, 0.717) is 29.4 Å². The number of benzene rings is 2. The van der Waals surface area contributed by atoms with Gasteiger partial charge >= 0.3 is 0 Å². The average molecular weight is 362 g/mol. The molecule has 4 rings (SSSR count). The Kier molecular flexibility index (Phi) is 4.54. The SMILES string of the molecule is Cc1cccc(Nc2nc3c(c(Nc4ccc(F)cc4)n2)C(=O)CCC3)c1. The topological polar surface area (TPSA) is 66.9 Å². The van der Waals surface area contributed by atoms with Crippen molar-refractivity contribution in [2.24, 2.45) is 0 Å². The smallest absolute Gasteiger partial charge is 0.229 e. The lowest BCUT2D eigenvalue weighted by Gasteiger charge is -2.19. The maximum absolute atomic E-state index is 13.2. The summed E-state index contributed by atoms with van der Waals surface area (Å²) in [6.07, 6.45) is 1.99. The van der Waals surface area contributed by atoms with Crippen LogP contribution in [0, 0.1) is 12.7 Å². The lowest BCUT2D eigenvalue weighted by atomic mass is 9.95. The fourth-order valence-electron chi connectivity index (χ4n) is 3.19. The Balaban J connectivity index is 1.73. The van der Waals surface area contributed by atoms with Crippen LogP contribution in [0.3, 0.4) is 0 Å². The van der Waals surface area contributed by atoms with E-state index >= 15 is 0 Å². The van der Waals surface area contributed by atoms with Crippen molar-refractivity contribution in [3.05, 3.63) is 71.2 Å². The molecule has 27 heavy (non-hydrogen) atoms. The van der Waals surface area contributed by atoms with E-state index in [1.54, 1.807) is 12.1 Å². The van der Waals surface area contributed by atoms with Crippen molar-refractivity contribution in [1.82, 2.24) is 9.97 Å². The molecule has 0 saturated heterocycles. The number of halogens is 1. The first-order valence-electron chi connectivity index (χ1n) is 8.89. The molecule has 0 amide bonds. The van der Waals surface area contributed by atoms with Gasteiger partial charge in [-0.3, -0.25) is 4.79 Å². The van der Waals surface area contributed by atoms with E-state index in [1.165, 1.54) is 12.1 Å². The number of hydrogen-bond acceptors (Lipinski definition) is 5. The van der Waals surface area contributed by atoms with Crippen LogP contribution in [0.25, 0.3) is 0 Å². The first-order chi connectivity index (χ1) is 13.1. The Morgan fingerprint density at radius 3 is 2.56 bits per heavy atom. The Bertz CT molecular complexity index is 1000. The average Bonchev–Trinajstić information content (AvgIpc) is 2.63. The summed E-state index contributed by atoms with van der Waals surface area (Å²) < 4.78 is 13.2. The van der Waals surface area contributed by atoms with Crippen molar-refractivity contribution in [2.45, 2.75) is 26.2 Å². The highest BCUT2D eigenvalue weighted by Gasteiger charge is 2.24. The predicted octanol–water partition coefficient (Wildman–Crippen LogP) is 4.93. The van der Waals surface area contributed by atoms with E-state index in [4.69, 9.17) is 0 Å². The van der Waals surface area contributed by atoms with E-state index < -0.39 is 0 Å². The largest absolute Gasteiger partial charge is 0.339 e. The molecule has 0 radical (unpaired) electrons. The predicted molar refractivity (Wildman–Crippen MR) is 103 cm³/mol. The Morgan fingerprint density at radius 1 is 0.963 bits per heavy atom. The van der Waals surface area contributed by atoms with Gasteiger partial charge in [0.25, 0.3) is 0 Å². The van der Waals surface area contributed by atoms with E-state index in [2.05, 4.69) is 20.6 Å². The third kappa shape index (κ3) is 3.79. The van der Waals surface area contributed by atoms with Crippen LogP contribution in [0.2, 0.25) is 0 Å². The highest BCUT2D eigenvalue weighted by molar-refractivity contribution is 6.03. The number of fused-ring (bicyclic) bond motifs is 1. The molecule has 0 aliphatic heterocycles. The molecule has 3 aromatic rings. The highest BCUT2D eigenvalue weighted by Crippen LogP contribution is 2.29. The lowest BCUT2D eigenvalue weighted by molar-refractivity contribution is 0.0972. The number of nitrogens with one attached hydrogen (secondary N) is 2. The number of rotatable bonds is 4. The standard InChI is InChI=1S/C21H19FN4O/c1-13-4-2-5-16(12-13)24-21-25-17-6-3-7-18(27)19(17)20(26-21)23-15-10-8-14(22)9-11-15/h2,4-5,8-12H,3,6-7H2,1H3,(H2,23,24,25,26). The zero-order valence-corrected chi connectivity index (χ0v) is 14.9. The molecule has 6 heteroatoms. The minimum atomic E-state index is -0.317. The minimum absolute atomic E-state index is 0.0305. The van der Waals surface area contributed by atoms with Gasteiger partial charge in [0.2, 0.25) is 5.95 Å². The van der Waals surface area contributed by atoms with Crippen molar-refractivity contribution >= 4 is 28.9 Å². The van der Waals surface area contributed by atoms with Gasteiger partial charge < -0.3 is 10.6 Å². The molecule has 1 aromatic heterocycles. The monoisotopic (exact) mass is 362 g/mol. The first kappa shape index (κ1) is 17.1. The van der Waals surface area contributed by atoms with Gasteiger partial charge in [-0.15, -0.1) is 0 Å². The van der Waals surface area contributed by atoms with Crippen LogP contribution in [-0.2, 0) is 6.42 Å². The maximum Gasteiger partial charge on any atom is 0.229 e. The second-order valence-corrected chi connectivity index (χ2v) is 6.62. The van der Waals surface area contributed by atoms with Crippen molar-refractivity contribution in [2.75, 3.05) is 10.6 Å². The molecule has 0 bridgehead atoms. The summed E-state index contributed by atoms with van der Waals surface area (Å²) in [6, 6.07) is 13.9. The summed E-state index contributed by atoms with van der Waals surface area (Å²) in [5.74, 6) is 0.594. The fourth-order valence-corrected chi connectivity index (χ4v) is 3.19. The van der Waals surface area contributed by atoms with Gasteiger partial charge in [-0.25, -0.2) is 9.37 Å². The molecule has 1 aliphatic carbocycles. The molecule has 1 aliphatic rings. The fraction of sp³-hybridized carbons (Fsp3) is 0.190. The number of hydrogen-bond donors (Lipinski definition) is 2. The Morgan fingerprint density at radius 2 is 1.78 bits per heavy atom. The molecular weight excluding hydrogens is 343 g/mol. The third-order valence-electron chi connectivity index (χ3n) is 4.46. The van der Waals surface area contributed by atoms with Gasteiger partial charge in [-0.1, -0.05) is 12.1 Å². The minimum Gasteiger partial charge on any atom is -0.339 e. The van der Waals surface area contributed by atoms with E-state index in [-0.39, 0.29) is 11.6 Å². The molecule has 2 N–H and O–H groups in total. The van der Waals surface area contributed by atoms with Gasteiger partial charge in [0.05, 0.1) is 11.3 Å². The number of aromatic nitrogens is 2. The summed E-state index contributed by atoms with van der Waals surface area (Å²) in [5, 5.41) is 6.36. The number of ketones is 1. The van der Waals surface area contributed by atoms with Crippen molar-refractivity contribution in [3.8, 4) is 0 Å². The molecule has 5 nitrogen and oxygen atoms in total. The zero-order chi connectivity index (χ0) is 18.8. The van der Waals surface area contributed by atoms with Crippen LogP contribution < -0.4 is 10.6 Å². The third-order valence-corrected chi connectivity index (χ3v) is 4.46. The van der Waals surface area contributed by atoms with Crippen LogP contribution in [0.4, 0.5) is 27.5 Å². The molecular formula is C21H19FN4O. The summed E-state index contributed by atoms with van der Waals surface area (Å²) in [4.78, 5) is 21.6. The number of aryl methyl sites for hydroxylation is 2. The van der Waals surface area contributed by atoms with Crippen molar-refractivity contribution < 1.29 is 9.18 Å². The number of nitrogens with zero attached hydrogens (tertiary/aromatic N) is 2. The number of anilines is 4. The van der Waals surface area contributed by atoms with Gasteiger partial charge in [0.1, 0.15) is 11.6 Å². The van der Waals surface area contributed by atoms with E-state index in [0.717, 1.165) is 29.8 Å².